The van der Waals surface area contributed by atoms with Crippen molar-refractivity contribution >= 4 is 28.2 Å². The van der Waals surface area contributed by atoms with Gasteiger partial charge in [-0.1, -0.05) is 25.2 Å². The predicted molar refractivity (Wildman–Crippen MR) is 96.5 cm³/mol. The topological polar surface area (TPSA) is 71.0 Å². The zero-order chi connectivity index (χ0) is 16.9. The SMILES string of the molecule is CC(C)C1CCCN(c2ccc(C(=O)Nc3nncs3)cn2)CC1. The van der Waals surface area contributed by atoms with Gasteiger partial charge in [0.1, 0.15) is 11.3 Å². The third-order valence-corrected chi connectivity index (χ3v) is 5.24. The Hall–Kier alpha value is -2.02. The predicted octanol–water partition coefficient (Wildman–Crippen LogP) is 3.45. The van der Waals surface area contributed by atoms with Crippen molar-refractivity contribution in [3.8, 4) is 0 Å². The summed E-state index contributed by atoms with van der Waals surface area (Å²) in [6, 6.07) is 3.76. The molecule has 1 aliphatic heterocycles. The number of carbonyl (C=O) groups excluding carboxylic acids is 1. The fraction of sp³-hybridized carbons (Fsp3) is 0.529. The molecule has 0 spiro atoms. The summed E-state index contributed by atoms with van der Waals surface area (Å²) in [5.41, 5.74) is 2.12. The molecular formula is C17H23N5OS. The van der Waals surface area contributed by atoms with Crippen LogP contribution in [0.5, 0.6) is 0 Å². The maximum atomic E-state index is 12.1. The minimum absolute atomic E-state index is 0.207. The molecule has 1 aliphatic rings. The number of nitrogens with one attached hydrogen (secondary N) is 1. The fourth-order valence-electron chi connectivity index (χ4n) is 3.12. The number of nitrogens with zero attached hydrogens (tertiary/aromatic N) is 4. The van der Waals surface area contributed by atoms with Crippen LogP contribution >= 0.6 is 11.3 Å². The van der Waals surface area contributed by atoms with E-state index in [2.05, 4.69) is 39.2 Å². The second kappa shape index (κ2) is 7.70. The van der Waals surface area contributed by atoms with E-state index in [1.165, 1.54) is 30.6 Å². The molecule has 1 N–H and O–H groups in total. The minimum Gasteiger partial charge on any atom is -0.357 e. The molecule has 0 radical (unpaired) electrons. The van der Waals surface area contributed by atoms with Gasteiger partial charge in [-0.15, -0.1) is 10.2 Å². The lowest BCUT2D eigenvalue weighted by molar-refractivity contribution is 0.102. The van der Waals surface area contributed by atoms with Gasteiger partial charge in [0.2, 0.25) is 5.13 Å². The van der Waals surface area contributed by atoms with Crippen LogP contribution in [0.4, 0.5) is 10.9 Å². The number of hydrogen-bond donors (Lipinski definition) is 1. The van der Waals surface area contributed by atoms with E-state index >= 15 is 0 Å². The van der Waals surface area contributed by atoms with Gasteiger partial charge in [-0.2, -0.15) is 0 Å². The summed E-state index contributed by atoms with van der Waals surface area (Å²) in [4.78, 5) is 19.0. The number of hydrogen-bond acceptors (Lipinski definition) is 6. The molecule has 1 saturated heterocycles. The molecule has 3 heterocycles. The van der Waals surface area contributed by atoms with Crippen molar-refractivity contribution in [1.29, 1.82) is 0 Å². The average molecular weight is 345 g/mol. The standard InChI is InChI=1S/C17H23N5OS/c1-12(2)13-4-3-8-22(9-7-13)15-6-5-14(10-18-15)16(23)20-17-21-19-11-24-17/h5-6,10-13H,3-4,7-9H2,1-2H3,(H,20,21,23). The zero-order valence-electron chi connectivity index (χ0n) is 14.1. The molecule has 0 aliphatic carbocycles. The highest BCUT2D eigenvalue weighted by Crippen LogP contribution is 2.26. The summed E-state index contributed by atoms with van der Waals surface area (Å²) < 4.78 is 0. The summed E-state index contributed by atoms with van der Waals surface area (Å²) in [5.74, 6) is 2.28. The van der Waals surface area contributed by atoms with Crippen LogP contribution in [0, 0.1) is 11.8 Å². The third-order valence-electron chi connectivity index (χ3n) is 4.63. The molecule has 6 nitrogen and oxygen atoms in total. The monoisotopic (exact) mass is 345 g/mol. The Balaban J connectivity index is 1.62. The Morgan fingerprint density at radius 3 is 2.88 bits per heavy atom. The highest BCUT2D eigenvalue weighted by Gasteiger charge is 2.20. The molecule has 2 aromatic rings. The third kappa shape index (κ3) is 4.08. The second-order valence-corrected chi connectivity index (χ2v) is 7.36. The Morgan fingerprint density at radius 2 is 2.21 bits per heavy atom. The molecule has 1 unspecified atom stereocenters. The van der Waals surface area contributed by atoms with Gasteiger partial charge in [0.15, 0.2) is 0 Å². The zero-order valence-corrected chi connectivity index (χ0v) is 14.9. The molecule has 2 aromatic heterocycles. The Kier molecular flexibility index (Phi) is 5.40. The molecule has 0 aromatic carbocycles. The van der Waals surface area contributed by atoms with Crippen LogP contribution in [-0.2, 0) is 0 Å². The van der Waals surface area contributed by atoms with E-state index in [0.717, 1.165) is 30.7 Å². The maximum absolute atomic E-state index is 12.1. The number of amides is 1. The first-order valence-corrected chi connectivity index (χ1v) is 9.30. The van der Waals surface area contributed by atoms with Crippen molar-refractivity contribution in [1.82, 2.24) is 15.2 Å². The quantitative estimate of drug-likeness (QED) is 0.919. The first kappa shape index (κ1) is 16.8. The van der Waals surface area contributed by atoms with E-state index in [-0.39, 0.29) is 5.91 Å². The highest BCUT2D eigenvalue weighted by molar-refractivity contribution is 7.13. The number of carbonyl (C=O) groups is 1. The van der Waals surface area contributed by atoms with Gasteiger partial charge < -0.3 is 4.90 Å². The van der Waals surface area contributed by atoms with E-state index in [9.17, 15) is 4.79 Å². The van der Waals surface area contributed by atoms with Gasteiger partial charge in [-0.05, 0) is 43.2 Å². The number of rotatable bonds is 4. The number of pyridine rings is 1. The van der Waals surface area contributed by atoms with Crippen LogP contribution in [0.1, 0.15) is 43.5 Å². The molecular weight excluding hydrogens is 322 g/mol. The van der Waals surface area contributed by atoms with Crippen LogP contribution < -0.4 is 10.2 Å². The van der Waals surface area contributed by atoms with Crippen molar-refractivity contribution < 1.29 is 4.79 Å². The van der Waals surface area contributed by atoms with E-state index in [1.807, 2.05) is 12.1 Å². The van der Waals surface area contributed by atoms with E-state index in [1.54, 1.807) is 11.7 Å². The first-order valence-electron chi connectivity index (χ1n) is 8.42. The normalized spacial score (nSPS) is 18.5. The fourth-order valence-corrected chi connectivity index (χ4v) is 3.56. The Labute approximate surface area is 146 Å². The van der Waals surface area contributed by atoms with Crippen molar-refractivity contribution in [2.45, 2.75) is 33.1 Å². The van der Waals surface area contributed by atoms with Gasteiger partial charge in [0, 0.05) is 19.3 Å². The van der Waals surface area contributed by atoms with Gasteiger partial charge in [-0.25, -0.2) is 4.98 Å². The maximum Gasteiger partial charge on any atom is 0.259 e. The van der Waals surface area contributed by atoms with E-state index < -0.39 is 0 Å². The Morgan fingerprint density at radius 1 is 1.33 bits per heavy atom. The smallest absolute Gasteiger partial charge is 0.259 e. The van der Waals surface area contributed by atoms with Gasteiger partial charge >= 0.3 is 0 Å². The van der Waals surface area contributed by atoms with Crippen LogP contribution in [0.3, 0.4) is 0 Å². The first-order chi connectivity index (χ1) is 11.6. The molecule has 24 heavy (non-hydrogen) atoms. The van der Waals surface area contributed by atoms with Crippen molar-refractivity contribution in [3.05, 3.63) is 29.4 Å². The molecule has 128 valence electrons. The number of aromatic nitrogens is 3. The van der Waals surface area contributed by atoms with Gasteiger partial charge in [0.25, 0.3) is 5.91 Å². The van der Waals surface area contributed by atoms with Crippen molar-refractivity contribution in [3.63, 3.8) is 0 Å². The lowest BCUT2D eigenvalue weighted by atomic mass is 9.89. The molecule has 1 atom stereocenters. The summed E-state index contributed by atoms with van der Waals surface area (Å²) in [5, 5.41) is 10.7. The van der Waals surface area contributed by atoms with Crippen LogP contribution in [-0.4, -0.2) is 34.2 Å². The molecule has 1 amide bonds. The second-order valence-electron chi connectivity index (χ2n) is 6.53. The minimum atomic E-state index is -0.207. The van der Waals surface area contributed by atoms with E-state index in [0.29, 0.717) is 10.7 Å². The summed E-state index contributed by atoms with van der Waals surface area (Å²) in [6.07, 6.45) is 5.33. The summed E-state index contributed by atoms with van der Waals surface area (Å²) in [6.45, 7) is 6.69. The largest absolute Gasteiger partial charge is 0.357 e. The molecule has 3 rings (SSSR count). The van der Waals surface area contributed by atoms with Crippen LogP contribution in [0.2, 0.25) is 0 Å². The molecule has 0 saturated carbocycles. The van der Waals surface area contributed by atoms with Crippen molar-refractivity contribution in [2.24, 2.45) is 11.8 Å². The summed E-state index contributed by atoms with van der Waals surface area (Å²) >= 11 is 1.29. The molecule has 7 heteroatoms. The average Bonchev–Trinajstić information content (AvgIpc) is 2.96. The molecule has 0 bridgehead atoms. The van der Waals surface area contributed by atoms with Crippen LogP contribution in [0.25, 0.3) is 0 Å². The lowest BCUT2D eigenvalue weighted by Crippen LogP contribution is -2.25. The van der Waals surface area contributed by atoms with Crippen LogP contribution in [0.15, 0.2) is 23.8 Å². The summed E-state index contributed by atoms with van der Waals surface area (Å²) in [7, 11) is 0. The molecule has 1 fully saturated rings. The van der Waals surface area contributed by atoms with Crippen molar-refractivity contribution in [2.75, 3.05) is 23.3 Å². The van der Waals surface area contributed by atoms with E-state index in [4.69, 9.17) is 0 Å². The lowest BCUT2D eigenvalue weighted by Gasteiger charge is -2.22. The Bertz CT molecular complexity index is 656. The van der Waals surface area contributed by atoms with Gasteiger partial charge in [-0.3, -0.25) is 10.1 Å². The van der Waals surface area contributed by atoms with Gasteiger partial charge in [0.05, 0.1) is 5.56 Å². The highest BCUT2D eigenvalue weighted by atomic mass is 32.1. The number of anilines is 2.